The lowest BCUT2D eigenvalue weighted by molar-refractivity contribution is -0.129. The van der Waals surface area contributed by atoms with Crippen LogP contribution in [0.4, 0.5) is 0 Å². The fourth-order valence-corrected chi connectivity index (χ4v) is 1.37. The summed E-state index contributed by atoms with van der Waals surface area (Å²) in [6, 6.07) is 0. The monoisotopic (exact) mass is 230 g/mol. The van der Waals surface area contributed by atoms with Crippen LogP contribution >= 0.6 is 0 Å². The molecule has 0 atom stereocenters. The SMILES string of the molecule is CCN(CC)C(=O)CNCCC(C)(C)OC. The molecule has 0 saturated heterocycles. The molecule has 96 valence electrons. The molecule has 4 nitrogen and oxygen atoms in total. The molecule has 0 aliphatic rings. The normalized spacial score (nSPS) is 11.6. The zero-order chi connectivity index (χ0) is 12.6. The maximum atomic E-state index is 11.6. The van der Waals surface area contributed by atoms with E-state index in [1.165, 1.54) is 0 Å². The van der Waals surface area contributed by atoms with E-state index in [0.29, 0.717) is 6.54 Å². The highest BCUT2D eigenvalue weighted by Gasteiger charge is 2.15. The number of hydrogen-bond acceptors (Lipinski definition) is 3. The van der Waals surface area contributed by atoms with Gasteiger partial charge in [0.15, 0.2) is 0 Å². The van der Waals surface area contributed by atoms with Crippen LogP contribution in [-0.2, 0) is 9.53 Å². The average molecular weight is 230 g/mol. The molecule has 0 aliphatic heterocycles. The molecular weight excluding hydrogens is 204 g/mol. The Hall–Kier alpha value is -0.610. The summed E-state index contributed by atoms with van der Waals surface area (Å²) in [6.45, 7) is 10.9. The van der Waals surface area contributed by atoms with Gasteiger partial charge < -0.3 is 15.0 Å². The highest BCUT2D eigenvalue weighted by Crippen LogP contribution is 2.11. The van der Waals surface area contributed by atoms with Crippen molar-refractivity contribution in [1.29, 1.82) is 0 Å². The summed E-state index contributed by atoms with van der Waals surface area (Å²) >= 11 is 0. The molecule has 0 fully saturated rings. The molecule has 0 aromatic carbocycles. The lowest BCUT2D eigenvalue weighted by Gasteiger charge is -2.23. The van der Waals surface area contributed by atoms with E-state index in [9.17, 15) is 4.79 Å². The third-order valence-electron chi connectivity index (χ3n) is 2.85. The Labute approximate surface area is 99.3 Å². The van der Waals surface area contributed by atoms with Crippen molar-refractivity contribution in [1.82, 2.24) is 10.2 Å². The molecule has 0 bridgehead atoms. The van der Waals surface area contributed by atoms with Gasteiger partial charge in [0.2, 0.25) is 5.91 Å². The summed E-state index contributed by atoms with van der Waals surface area (Å²) in [5.41, 5.74) is -0.120. The van der Waals surface area contributed by atoms with Gasteiger partial charge in [-0.3, -0.25) is 4.79 Å². The molecule has 0 rings (SSSR count). The van der Waals surface area contributed by atoms with Crippen molar-refractivity contribution in [3.63, 3.8) is 0 Å². The molecule has 16 heavy (non-hydrogen) atoms. The van der Waals surface area contributed by atoms with E-state index in [-0.39, 0.29) is 11.5 Å². The van der Waals surface area contributed by atoms with Crippen LogP contribution in [-0.4, -0.2) is 49.7 Å². The van der Waals surface area contributed by atoms with Crippen molar-refractivity contribution in [3.8, 4) is 0 Å². The van der Waals surface area contributed by atoms with E-state index in [1.807, 2.05) is 32.6 Å². The van der Waals surface area contributed by atoms with Crippen molar-refractivity contribution in [3.05, 3.63) is 0 Å². The van der Waals surface area contributed by atoms with Gasteiger partial charge in [0.25, 0.3) is 0 Å². The molecule has 4 heteroatoms. The van der Waals surface area contributed by atoms with Gasteiger partial charge in [-0.15, -0.1) is 0 Å². The first-order valence-corrected chi connectivity index (χ1v) is 6.00. The first-order chi connectivity index (χ1) is 7.46. The number of hydrogen-bond donors (Lipinski definition) is 1. The lowest BCUT2D eigenvalue weighted by atomic mass is 10.1. The fraction of sp³-hybridized carbons (Fsp3) is 0.917. The number of nitrogens with zero attached hydrogens (tertiary/aromatic N) is 1. The highest BCUT2D eigenvalue weighted by atomic mass is 16.5. The summed E-state index contributed by atoms with van der Waals surface area (Å²) in [5.74, 6) is 0.167. The Kier molecular flexibility index (Phi) is 7.34. The first-order valence-electron chi connectivity index (χ1n) is 6.00. The van der Waals surface area contributed by atoms with Gasteiger partial charge in [-0.1, -0.05) is 0 Å². The van der Waals surface area contributed by atoms with Gasteiger partial charge in [0.05, 0.1) is 12.1 Å². The van der Waals surface area contributed by atoms with E-state index < -0.39 is 0 Å². The third kappa shape index (κ3) is 6.08. The smallest absolute Gasteiger partial charge is 0.236 e. The predicted molar refractivity (Wildman–Crippen MR) is 66.5 cm³/mol. The molecule has 0 aromatic rings. The van der Waals surface area contributed by atoms with Crippen LogP contribution in [0.25, 0.3) is 0 Å². The number of carbonyl (C=O) groups excluding carboxylic acids is 1. The second-order valence-corrected chi connectivity index (χ2v) is 4.46. The van der Waals surface area contributed by atoms with Crippen LogP contribution in [0.2, 0.25) is 0 Å². The van der Waals surface area contributed by atoms with Gasteiger partial charge in [0, 0.05) is 20.2 Å². The lowest BCUT2D eigenvalue weighted by Crippen LogP contribution is -2.39. The summed E-state index contributed by atoms with van der Waals surface area (Å²) in [6.07, 6.45) is 0.898. The Morgan fingerprint density at radius 3 is 2.31 bits per heavy atom. The van der Waals surface area contributed by atoms with Crippen molar-refractivity contribution in [2.75, 3.05) is 33.3 Å². The summed E-state index contributed by atoms with van der Waals surface area (Å²) in [5, 5.41) is 3.15. The maximum Gasteiger partial charge on any atom is 0.236 e. The zero-order valence-corrected chi connectivity index (χ0v) is 11.3. The van der Waals surface area contributed by atoms with E-state index in [4.69, 9.17) is 4.74 Å². The van der Waals surface area contributed by atoms with Crippen molar-refractivity contribution in [2.45, 2.75) is 39.7 Å². The van der Waals surface area contributed by atoms with E-state index in [1.54, 1.807) is 7.11 Å². The minimum Gasteiger partial charge on any atom is -0.379 e. The van der Waals surface area contributed by atoms with E-state index >= 15 is 0 Å². The van der Waals surface area contributed by atoms with Crippen molar-refractivity contribution < 1.29 is 9.53 Å². The van der Waals surface area contributed by atoms with Gasteiger partial charge in [-0.05, 0) is 40.7 Å². The van der Waals surface area contributed by atoms with Crippen LogP contribution in [0, 0.1) is 0 Å². The minimum absolute atomic E-state index is 0.120. The number of likely N-dealkylation sites (N-methyl/N-ethyl adjacent to an activating group) is 1. The topological polar surface area (TPSA) is 41.6 Å². The summed E-state index contributed by atoms with van der Waals surface area (Å²) in [7, 11) is 1.71. The highest BCUT2D eigenvalue weighted by molar-refractivity contribution is 5.78. The standard InChI is InChI=1S/C12H26N2O2/c1-6-14(7-2)11(15)10-13-9-8-12(3,4)16-5/h13H,6-10H2,1-5H3. The first kappa shape index (κ1) is 15.4. The Bertz CT molecular complexity index is 201. The predicted octanol–water partition coefficient (Wildman–Crippen LogP) is 1.26. The number of carbonyl (C=O) groups is 1. The number of methoxy groups -OCH3 is 1. The number of amides is 1. The second kappa shape index (κ2) is 7.63. The molecule has 0 radical (unpaired) electrons. The second-order valence-electron chi connectivity index (χ2n) is 4.46. The fourth-order valence-electron chi connectivity index (χ4n) is 1.37. The molecule has 1 N–H and O–H groups in total. The van der Waals surface area contributed by atoms with Crippen LogP contribution in [0.15, 0.2) is 0 Å². The van der Waals surface area contributed by atoms with Gasteiger partial charge in [-0.2, -0.15) is 0 Å². The number of rotatable bonds is 8. The Morgan fingerprint density at radius 1 is 1.31 bits per heavy atom. The Morgan fingerprint density at radius 2 is 1.88 bits per heavy atom. The number of nitrogens with one attached hydrogen (secondary N) is 1. The molecule has 0 aromatic heterocycles. The third-order valence-corrected chi connectivity index (χ3v) is 2.85. The van der Waals surface area contributed by atoms with Crippen molar-refractivity contribution in [2.24, 2.45) is 0 Å². The number of ether oxygens (including phenoxy) is 1. The van der Waals surface area contributed by atoms with Gasteiger partial charge in [-0.25, -0.2) is 0 Å². The van der Waals surface area contributed by atoms with E-state index in [2.05, 4.69) is 5.32 Å². The maximum absolute atomic E-state index is 11.6. The molecule has 0 aliphatic carbocycles. The zero-order valence-electron chi connectivity index (χ0n) is 11.3. The molecule has 1 amide bonds. The molecular formula is C12H26N2O2. The summed E-state index contributed by atoms with van der Waals surface area (Å²) < 4.78 is 5.30. The molecule has 0 saturated carbocycles. The quantitative estimate of drug-likeness (QED) is 0.638. The van der Waals surface area contributed by atoms with Crippen LogP contribution < -0.4 is 5.32 Å². The molecule has 0 heterocycles. The Balaban J connectivity index is 3.70. The summed E-state index contributed by atoms with van der Waals surface area (Å²) in [4.78, 5) is 13.5. The molecule has 0 spiro atoms. The van der Waals surface area contributed by atoms with Crippen LogP contribution in [0.1, 0.15) is 34.1 Å². The van der Waals surface area contributed by atoms with Crippen molar-refractivity contribution >= 4 is 5.91 Å². The van der Waals surface area contributed by atoms with E-state index in [0.717, 1.165) is 26.1 Å². The molecule has 0 unspecified atom stereocenters. The van der Waals surface area contributed by atoms with Crippen LogP contribution in [0.5, 0.6) is 0 Å². The van der Waals surface area contributed by atoms with Gasteiger partial charge >= 0.3 is 0 Å². The largest absolute Gasteiger partial charge is 0.379 e. The average Bonchev–Trinajstić information content (AvgIpc) is 2.26. The van der Waals surface area contributed by atoms with Crippen LogP contribution in [0.3, 0.4) is 0 Å². The van der Waals surface area contributed by atoms with Gasteiger partial charge in [0.1, 0.15) is 0 Å². The minimum atomic E-state index is -0.120.